The Bertz CT molecular complexity index is 1280. The number of benzene rings is 1. The monoisotopic (exact) mass is 508 g/mol. The van der Waals surface area contributed by atoms with Gasteiger partial charge >= 0.3 is 17.9 Å². The van der Waals surface area contributed by atoms with E-state index in [2.05, 4.69) is 0 Å². The van der Waals surface area contributed by atoms with E-state index in [-0.39, 0.29) is 17.9 Å². The molecule has 9 heteroatoms. The molecule has 2 heterocycles. The predicted molar refractivity (Wildman–Crippen MR) is 127 cm³/mol. The van der Waals surface area contributed by atoms with E-state index in [9.17, 15) is 29.4 Å². The van der Waals surface area contributed by atoms with Crippen LogP contribution in [-0.2, 0) is 30.5 Å². The van der Waals surface area contributed by atoms with E-state index in [1.54, 1.807) is 25.1 Å². The van der Waals surface area contributed by atoms with Crippen molar-refractivity contribution in [2.45, 2.75) is 45.8 Å². The fourth-order valence-electron chi connectivity index (χ4n) is 6.68. The lowest BCUT2D eigenvalue weighted by Crippen LogP contribution is -2.61. The van der Waals surface area contributed by atoms with Crippen LogP contribution in [0.3, 0.4) is 0 Å². The lowest BCUT2D eigenvalue weighted by molar-refractivity contribution is -0.197. The van der Waals surface area contributed by atoms with Crippen LogP contribution in [0.2, 0.25) is 0 Å². The number of carboxylic acids is 1. The summed E-state index contributed by atoms with van der Waals surface area (Å²) in [6.45, 7) is 3.41. The molecule has 37 heavy (non-hydrogen) atoms. The molecular weight excluding hydrogens is 480 g/mol. The van der Waals surface area contributed by atoms with E-state index in [0.29, 0.717) is 30.4 Å². The van der Waals surface area contributed by atoms with Crippen molar-refractivity contribution in [2.24, 2.45) is 28.6 Å². The van der Waals surface area contributed by atoms with Crippen LogP contribution in [0.5, 0.6) is 0 Å². The van der Waals surface area contributed by atoms with Gasteiger partial charge in [-0.3, -0.25) is 14.4 Å². The van der Waals surface area contributed by atoms with E-state index in [4.69, 9.17) is 13.9 Å². The van der Waals surface area contributed by atoms with Crippen LogP contribution in [0.1, 0.15) is 60.7 Å². The number of carbonyl (C=O) groups excluding carboxylic acids is 3. The molecule has 2 aliphatic carbocycles. The van der Waals surface area contributed by atoms with Gasteiger partial charge in [-0.2, -0.15) is 0 Å². The zero-order valence-electron chi connectivity index (χ0n) is 20.5. The van der Waals surface area contributed by atoms with Crippen LogP contribution in [0.25, 0.3) is 0 Å². The summed E-state index contributed by atoms with van der Waals surface area (Å²) in [5.41, 5.74) is -0.523. The molecular formula is C28H28O9. The van der Waals surface area contributed by atoms with Crippen molar-refractivity contribution in [2.75, 3.05) is 0 Å². The Labute approximate surface area is 213 Å². The highest BCUT2D eigenvalue weighted by Gasteiger charge is 2.66. The molecule has 0 radical (unpaired) electrons. The first kappa shape index (κ1) is 25.0. The van der Waals surface area contributed by atoms with Crippen molar-refractivity contribution in [3.63, 3.8) is 0 Å². The summed E-state index contributed by atoms with van der Waals surface area (Å²) >= 11 is 0. The Morgan fingerprint density at radius 3 is 2.46 bits per heavy atom. The average molecular weight is 509 g/mol. The van der Waals surface area contributed by atoms with Gasteiger partial charge in [0, 0.05) is 11.5 Å². The number of carboxylic acid groups (broad SMARTS) is 1. The van der Waals surface area contributed by atoms with Gasteiger partial charge in [0.1, 0.15) is 6.10 Å². The molecule has 3 aliphatic rings. The van der Waals surface area contributed by atoms with Gasteiger partial charge in [0.05, 0.1) is 36.5 Å². The third-order valence-electron chi connectivity index (χ3n) is 8.54. The van der Waals surface area contributed by atoms with Crippen molar-refractivity contribution < 1.29 is 43.3 Å². The third kappa shape index (κ3) is 3.98. The van der Waals surface area contributed by atoms with Gasteiger partial charge in [0.25, 0.3) is 0 Å². The van der Waals surface area contributed by atoms with Crippen LogP contribution in [0.4, 0.5) is 0 Å². The minimum atomic E-state index is -1.13. The molecule has 9 nitrogen and oxygen atoms in total. The lowest BCUT2D eigenvalue weighted by atomic mass is 9.44. The van der Waals surface area contributed by atoms with Crippen molar-refractivity contribution in [1.29, 1.82) is 0 Å². The molecule has 2 fully saturated rings. The molecule has 6 atom stereocenters. The number of aliphatic carboxylic acids is 1. The number of furan rings is 1. The molecule has 194 valence electrons. The SMILES string of the molecule is C[C@@]12CC[C@H]3C(=O)O[C@H](c4ccoc4)C[C@]3(C)[C@H]1C(=O)C(OC(=O)c1ccc(CO)cc1)=C[C@H]2C(=O)O. The lowest BCUT2D eigenvalue weighted by Gasteiger charge is -2.59. The number of hydrogen-bond donors (Lipinski definition) is 2. The highest BCUT2D eigenvalue weighted by molar-refractivity contribution is 6.03. The first-order valence-corrected chi connectivity index (χ1v) is 12.2. The minimum absolute atomic E-state index is 0.153. The van der Waals surface area contributed by atoms with Gasteiger partial charge in [-0.1, -0.05) is 26.0 Å². The number of allylic oxidation sites excluding steroid dienone is 1. The smallest absolute Gasteiger partial charge is 0.343 e. The van der Waals surface area contributed by atoms with Gasteiger partial charge in [-0.25, -0.2) is 4.79 Å². The summed E-state index contributed by atoms with van der Waals surface area (Å²) in [5, 5.41) is 19.4. The maximum Gasteiger partial charge on any atom is 0.343 e. The number of ether oxygens (including phenoxy) is 2. The molecule has 1 aliphatic heterocycles. The van der Waals surface area contributed by atoms with E-state index in [1.807, 2.05) is 6.92 Å². The highest BCUT2D eigenvalue weighted by Crippen LogP contribution is 2.64. The number of cyclic esters (lactones) is 1. The van der Waals surface area contributed by atoms with Gasteiger partial charge < -0.3 is 24.1 Å². The number of hydrogen-bond acceptors (Lipinski definition) is 8. The maximum atomic E-state index is 14.0. The molecule has 1 saturated heterocycles. The third-order valence-corrected chi connectivity index (χ3v) is 8.54. The second kappa shape index (κ2) is 8.99. The van der Waals surface area contributed by atoms with Gasteiger partial charge in [0.15, 0.2) is 5.76 Å². The zero-order valence-corrected chi connectivity index (χ0v) is 20.5. The molecule has 0 spiro atoms. The molecule has 0 amide bonds. The number of esters is 2. The highest BCUT2D eigenvalue weighted by atomic mass is 16.5. The number of rotatable bonds is 5. The van der Waals surface area contributed by atoms with Gasteiger partial charge in [-0.05, 0) is 59.9 Å². The molecule has 0 bridgehead atoms. The zero-order chi connectivity index (χ0) is 26.5. The molecule has 5 rings (SSSR count). The van der Waals surface area contributed by atoms with Crippen LogP contribution in [-0.4, -0.2) is 33.9 Å². The second-order valence-electron chi connectivity index (χ2n) is 10.7. The Balaban J connectivity index is 1.53. The molecule has 1 aromatic heterocycles. The summed E-state index contributed by atoms with van der Waals surface area (Å²) in [5.74, 6) is -5.79. The van der Waals surface area contributed by atoms with E-state index < -0.39 is 58.4 Å². The standard InChI is InChI=1S/C28H28O9/c1-27-9-7-18-26(34)37-21(17-8-10-35-14-17)12-28(18,2)23(27)22(30)20(11-19(27)24(31)32)36-25(33)16-5-3-15(13-29)4-6-16/h3-6,8,10-11,14,18-19,21,23,29H,7,9,12-13H2,1-2H3,(H,31,32)/t18-,19-,21-,23-,27-,28-/m0/s1. The van der Waals surface area contributed by atoms with Crippen molar-refractivity contribution in [3.8, 4) is 0 Å². The summed E-state index contributed by atoms with van der Waals surface area (Å²) < 4.78 is 16.4. The summed E-state index contributed by atoms with van der Waals surface area (Å²) in [7, 11) is 0. The largest absolute Gasteiger partial charge is 0.481 e. The summed E-state index contributed by atoms with van der Waals surface area (Å²) in [6.07, 6.45) is 4.56. The van der Waals surface area contributed by atoms with Crippen LogP contribution >= 0.6 is 0 Å². The number of ketones is 1. The number of carbonyl (C=O) groups is 4. The molecule has 2 aromatic rings. The quantitative estimate of drug-likeness (QED) is 0.577. The van der Waals surface area contributed by atoms with Crippen LogP contribution in [0.15, 0.2) is 59.1 Å². The van der Waals surface area contributed by atoms with Gasteiger partial charge in [0.2, 0.25) is 5.78 Å². The van der Waals surface area contributed by atoms with Gasteiger partial charge in [-0.15, -0.1) is 0 Å². The fourth-order valence-corrected chi connectivity index (χ4v) is 6.68. The molecule has 1 saturated carbocycles. The Kier molecular flexibility index (Phi) is 6.06. The van der Waals surface area contributed by atoms with E-state index in [1.165, 1.54) is 30.7 Å². The maximum absolute atomic E-state index is 14.0. The van der Waals surface area contributed by atoms with Crippen LogP contribution < -0.4 is 0 Å². The normalized spacial score (nSPS) is 33.0. The Morgan fingerprint density at radius 1 is 1.11 bits per heavy atom. The van der Waals surface area contributed by atoms with Crippen molar-refractivity contribution in [3.05, 3.63) is 71.4 Å². The summed E-state index contributed by atoms with van der Waals surface area (Å²) in [4.78, 5) is 52.5. The second-order valence-corrected chi connectivity index (χ2v) is 10.7. The van der Waals surface area contributed by atoms with E-state index >= 15 is 0 Å². The first-order chi connectivity index (χ1) is 17.6. The summed E-state index contributed by atoms with van der Waals surface area (Å²) in [6, 6.07) is 7.74. The molecule has 1 aromatic carbocycles. The number of aliphatic hydroxyl groups is 1. The topological polar surface area (TPSA) is 140 Å². The van der Waals surface area contributed by atoms with Crippen molar-refractivity contribution in [1.82, 2.24) is 0 Å². The number of fused-ring (bicyclic) bond motifs is 3. The average Bonchev–Trinajstić information content (AvgIpc) is 3.40. The molecule has 0 unspecified atom stereocenters. The van der Waals surface area contributed by atoms with Crippen molar-refractivity contribution >= 4 is 23.7 Å². The number of Topliss-reactive ketones (excluding diaryl/α,β-unsaturated/α-hetero) is 1. The Morgan fingerprint density at radius 2 is 1.84 bits per heavy atom. The number of aliphatic hydroxyl groups excluding tert-OH is 1. The molecule has 2 N–H and O–H groups in total. The van der Waals surface area contributed by atoms with Crippen LogP contribution in [0, 0.1) is 28.6 Å². The minimum Gasteiger partial charge on any atom is -0.481 e. The van der Waals surface area contributed by atoms with E-state index in [0.717, 1.165) is 0 Å². The predicted octanol–water partition coefficient (Wildman–Crippen LogP) is 3.82. The first-order valence-electron chi connectivity index (χ1n) is 12.2. The fraction of sp³-hybridized carbons (Fsp3) is 0.429. The Hall–Kier alpha value is -3.72.